The van der Waals surface area contributed by atoms with E-state index in [-0.39, 0.29) is 24.9 Å². The number of nitrogens with zero attached hydrogens (tertiary/aromatic N) is 3. The third-order valence-corrected chi connectivity index (χ3v) is 2.19. The molecule has 0 aromatic carbocycles. The summed E-state index contributed by atoms with van der Waals surface area (Å²) in [7, 11) is 1.74. The topological polar surface area (TPSA) is 109 Å². The van der Waals surface area contributed by atoms with Crippen molar-refractivity contribution < 1.29 is 14.7 Å². The summed E-state index contributed by atoms with van der Waals surface area (Å²) < 4.78 is 1.55. The quantitative estimate of drug-likeness (QED) is 0.648. The minimum atomic E-state index is -0.873. The fourth-order valence-corrected chi connectivity index (χ4v) is 1.32. The van der Waals surface area contributed by atoms with Gasteiger partial charge in [0.05, 0.1) is 6.54 Å². The molecule has 1 heterocycles. The summed E-state index contributed by atoms with van der Waals surface area (Å²) in [5.41, 5.74) is 0. The van der Waals surface area contributed by atoms with Gasteiger partial charge in [0.15, 0.2) is 5.82 Å². The second-order valence-corrected chi connectivity index (χ2v) is 4.10. The molecule has 0 aliphatic rings. The molecular formula is C10H17N5O3. The summed E-state index contributed by atoms with van der Waals surface area (Å²) >= 11 is 0. The number of hydrogen-bond acceptors (Lipinski definition) is 4. The molecule has 1 aromatic heterocycles. The highest BCUT2D eigenvalue weighted by molar-refractivity contribution is 5.73. The summed E-state index contributed by atoms with van der Waals surface area (Å²) in [6, 6.07) is -0.361. The molecular weight excluding hydrogens is 238 g/mol. The van der Waals surface area contributed by atoms with Gasteiger partial charge in [0.1, 0.15) is 6.33 Å². The number of rotatable bonds is 6. The lowest BCUT2D eigenvalue weighted by Crippen LogP contribution is -2.38. The van der Waals surface area contributed by atoms with Crippen molar-refractivity contribution in [1.29, 1.82) is 0 Å². The van der Waals surface area contributed by atoms with E-state index in [1.165, 1.54) is 0 Å². The Hall–Kier alpha value is -2.12. The Morgan fingerprint density at radius 3 is 2.78 bits per heavy atom. The van der Waals surface area contributed by atoms with Crippen molar-refractivity contribution in [1.82, 2.24) is 25.4 Å². The van der Waals surface area contributed by atoms with E-state index in [0.717, 1.165) is 0 Å². The van der Waals surface area contributed by atoms with Gasteiger partial charge < -0.3 is 15.7 Å². The molecule has 1 unspecified atom stereocenters. The second kappa shape index (κ2) is 6.58. The zero-order chi connectivity index (χ0) is 13.5. The van der Waals surface area contributed by atoms with Crippen LogP contribution < -0.4 is 10.6 Å². The van der Waals surface area contributed by atoms with Crippen LogP contribution in [0.2, 0.25) is 0 Å². The third kappa shape index (κ3) is 5.28. The molecule has 8 heteroatoms. The van der Waals surface area contributed by atoms with Crippen LogP contribution in [0.3, 0.4) is 0 Å². The molecule has 18 heavy (non-hydrogen) atoms. The maximum atomic E-state index is 11.4. The van der Waals surface area contributed by atoms with Crippen molar-refractivity contribution in [3.63, 3.8) is 0 Å². The van der Waals surface area contributed by atoms with Gasteiger partial charge in [-0.2, -0.15) is 5.10 Å². The van der Waals surface area contributed by atoms with Gasteiger partial charge in [0.25, 0.3) is 0 Å². The van der Waals surface area contributed by atoms with E-state index in [1.54, 1.807) is 25.0 Å². The number of aryl methyl sites for hydroxylation is 1. The molecule has 0 radical (unpaired) electrons. The Morgan fingerprint density at radius 2 is 2.22 bits per heavy atom. The smallest absolute Gasteiger partial charge is 0.315 e. The Labute approximate surface area is 104 Å². The summed E-state index contributed by atoms with van der Waals surface area (Å²) in [5, 5.41) is 17.7. The van der Waals surface area contributed by atoms with E-state index in [9.17, 15) is 9.59 Å². The second-order valence-electron chi connectivity index (χ2n) is 4.10. The summed E-state index contributed by atoms with van der Waals surface area (Å²) in [5.74, 6) is -0.463. The van der Waals surface area contributed by atoms with Gasteiger partial charge in [-0.25, -0.2) is 9.78 Å². The molecule has 2 amide bonds. The maximum absolute atomic E-state index is 11.4. The molecule has 3 N–H and O–H groups in total. The predicted molar refractivity (Wildman–Crippen MR) is 62.7 cm³/mol. The van der Waals surface area contributed by atoms with E-state index in [4.69, 9.17) is 5.11 Å². The van der Waals surface area contributed by atoms with Crippen molar-refractivity contribution in [2.75, 3.05) is 6.54 Å². The number of carbonyl (C=O) groups is 2. The SMILES string of the molecule is CC(CNC(=O)NCc1ncn(C)n1)CC(=O)O. The van der Waals surface area contributed by atoms with E-state index in [2.05, 4.69) is 20.7 Å². The Kier molecular flexibility index (Phi) is 5.09. The maximum Gasteiger partial charge on any atom is 0.315 e. The first-order valence-corrected chi connectivity index (χ1v) is 5.55. The molecule has 1 rings (SSSR count). The number of aliphatic carboxylic acids is 1. The van der Waals surface area contributed by atoms with Gasteiger partial charge in [0.2, 0.25) is 0 Å². The highest BCUT2D eigenvalue weighted by Crippen LogP contribution is 1.98. The zero-order valence-corrected chi connectivity index (χ0v) is 10.4. The number of amides is 2. The van der Waals surface area contributed by atoms with E-state index in [1.807, 2.05) is 0 Å². The number of nitrogens with one attached hydrogen (secondary N) is 2. The first-order chi connectivity index (χ1) is 8.47. The Balaban J connectivity index is 2.19. The first-order valence-electron chi connectivity index (χ1n) is 5.55. The molecule has 0 spiro atoms. The monoisotopic (exact) mass is 255 g/mol. The van der Waals surface area contributed by atoms with E-state index < -0.39 is 5.97 Å². The van der Waals surface area contributed by atoms with Gasteiger partial charge >= 0.3 is 12.0 Å². The number of carboxylic acids is 1. The standard InChI is InChI=1S/C10H17N5O3/c1-7(3-9(16)17)4-11-10(18)12-5-8-13-6-15(2)14-8/h6-7H,3-5H2,1-2H3,(H,16,17)(H2,11,12,18). The predicted octanol–water partition coefficient (Wildman–Crippen LogP) is -0.275. The number of carbonyl (C=O) groups excluding carboxylic acids is 1. The largest absolute Gasteiger partial charge is 0.481 e. The van der Waals surface area contributed by atoms with Crippen molar-refractivity contribution in [2.45, 2.75) is 19.9 Å². The molecule has 1 atom stereocenters. The van der Waals surface area contributed by atoms with Crippen molar-refractivity contribution in [2.24, 2.45) is 13.0 Å². The lowest BCUT2D eigenvalue weighted by Gasteiger charge is -2.10. The average Bonchev–Trinajstić information content (AvgIpc) is 2.69. The minimum Gasteiger partial charge on any atom is -0.481 e. The average molecular weight is 255 g/mol. The molecule has 0 bridgehead atoms. The van der Waals surface area contributed by atoms with Crippen LogP contribution in [0.5, 0.6) is 0 Å². The van der Waals surface area contributed by atoms with Gasteiger partial charge in [-0.05, 0) is 5.92 Å². The summed E-state index contributed by atoms with van der Waals surface area (Å²) in [6.45, 7) is 2.31. The molecule has 0 saturated heterocycles. The molecule has 0 saturated carbocycles. The van der Waals surface area contributed by atoms with Crippen LogP contribution in [0.1, 0.15) is 19.2 Å². The summed E-state index contributed by atoms with van der Waals surface area (Å²) in [6.07, 6.45) is 1.58. The van der Waals surface area contributed by atoms with Gasteiger partial charge in [-0.1, -0.05) is 6.92 Å². The van der Waals surface area contributed by atoms with Crippen LogP contribution in [0.4, 0.5) is 4.79 Å². The zero-order valence-electron chi connectivity index (χ0n) is 10.4. The number of carboxylic acid groups (broad SMARTS) is 1. The summed E-state index contributed by atoms with van der Waals surface area (Å²) in [4.78, 5) is 25.8. The lowest BCUT2D eigenvalue weighted by atomic mass is 10.1. The lowest BCUT2D eigenvalue weighted by molar-refractivity contribution is -0.137. The fraction of sp³-hybridized carbons (Fsp3) is 0.600. The Bertz CT molecular complexity index is 417. The van der Waals surface area contributed by atoms with Crippen LogP contribution in [-0.4, -0.2) is 38.4 Å². The molecule has 0 fully saturated rings. The van der Waals surface area contributed by atoms with Crippen LogP contribution in [-0.2, 0) is 18.4 Å². The van der Waals surface area contributed by atoms with Crippen LogP contribution in [0.15, 0.2) is 6.33 Å². The normalized spacial score (nSPS) is 11.9. The molecule has 8 nitrogen and oxygen atoms in total. The minimum absolute atomic E-state index is 0.0298. The van der Waals surface area contributed by atoms with E-state index >= 15 is 0 Å². The highest BCUT2D eigenvalue weighted by Gasteiger charge is 2.09. The van der Waals surface area contributed by atoms with Crippen LogP contribution in [0, 0.1) is 5.92 Å². The number of aromatic nitrogens is 3. The fourth-order valence-electron chi connectivity index (χ4n) is 1.32. The number of hydrogen-bond donors (Lipinski definition) is 3. The molecule has 0 aliphatic heterocycles. The van der Waals surface area contributed by atoms with Crippen LogP contribution >= 0.6 is 0 Å². The van der Waals surface area contributed by atoms with Gasteiger partial charge in [0, 0.05) is 20.0 Å². The third-order valence-electron chi connectivity index (χ3n) is 2.19. The van der Waals surface area contributed by atoms with Gasteiger partial charge in [-0.3, -0.25) is 9.48 Å². The van der Waals surface area contributed by atoms with Crippen molar-refractivity contribution in [3.8, 4) is 0 Å². The molecule has 0 aliphatic carbocycles. The number of urea groups is 1. The van der Waals surface area contributed by atoms with E-state index in [0.29, 0.717) is 12.4 Å². The van der Waals surface area contributed by atoms with Crippen LogP contribution in [0.25, 0.3) is 0 Å². The molecule has 1 aromatic rings. The Morgan fingerprint density at radius 1 is 1.50 bits per heavy atom. The van der Waals surface area contributed by atoms with Crippen molar-refractivity contribution in [3.05, 3.63) is 12.2 Å². The first kappa shape index (κ1) is 13.9. The van der Waals surface area contributed by atoms with Gasteiger partial charge in [-0.15, -0.1) is 0 Å². The highest BCUT2D eigenvalue weighted by atomic mass is 16.4. The molecule has 100 valence electrons. The van der Waals surface area contributed by atoms with Crippen molar-refractivity contribution >= 4 is 12.0 Å².